The van der Waals surface area contributed by atoms with Crippen molar-refractivity contribution >= 4 is 17.5 Å². The lowest BCUT2D eigenvalue weighted by molar-refractivity contribution is -0.139. The van der Waals surface area contributed by atoms with Gasteiger partial charge >= 0.3 is 5.97 Å². The molecule has 1 aliphatic carbocycles. The first-order chi connectivity index (χ1) is 12.7. The maximum atomic E-state index is 12.5. The Morgan fingerprint density at radius 1 is 1.30 bits per heavy atom. The van der Waals surface area contributed by atoms with Crippen molar-refractivity contribution in [3.63, 3.8) is 0 Å². The molecule has 1 N–H and O–H groups in total. The normalized spacial score (nSPS) is 34.1. The maximum Gasteiger partial charge on any atom is 0.336 e. The van der Waals surface area contributed by atoms with Crippen molar-refractivity contribution < 1.29 is 29.0 Å². The molecule has 2 bridgehead atoms. The third kappa shape index (κ3) is 5.47. The molecule has 2 aliphatic rings. The zero-order valence-corrected chi connectivity index (χ0v) is 16.2. The number of fused-ring (bicyclic) bond motifs is 2. The van der Waals surface area contributed by atoms with E-state index in [1.165, 1.54) is 6.08 Å². The quantitative estimate of drug-likeness (QED) is 0.601. The van der Waals surface area contributed by atoms with Gasteiger partial charge in [0.15, 0.2) is 5.78 Å². The van der Waals surface area contributed by atoms with Crippen molar-refractivity contribution in [2.45, 2.75) is 64.8 Å². The molecule has 0 unspecified atom stereocenters. The van der Waals surface area contributed by atoms with E-state index >= 15 is 0 Å². The van der Waals surface area contributed by atoms with Crippen LogP contribution in [0.4, 0.5) is 0 Å². The molecule has 4 atom stereocenters. The van der Waals surface area contributed by atoms with Crippen molar-refractivity contribution in [3.05, 3.63) is 35.5 Å². The lowest BCUT2D eigenvalue weighted by Gasteiger charge is -2.19. The minimum absolute atomic E-state index is 0.0122. The lowest BCUT2D eigenvalue weighted by atomic mass is 9.88. The standard InChI is InChI=1S/C21H28O6/c1-5-26-18-11-15(22)10-14(12(2)3)6-7-16-20(24)19(27-21(16)25)9-13(4)8-17(18)23/h7-8,14,18-20,24H,2,5-6,9-11H2,1,3-4H3/b13-8+,16-7-/t14-,18+,19+,20-/m0/s1. The third-order valence-electron chi connectivity index (χ3n) is 4.97. The van der Waals surface area contributed by atoms with Gasteiger partial charge in [-0.1, -0.05) is 23.8 Å². The average Bonchev–Trinajstić information content (AvgIpc) is 2.83. The number of rotatable bonds is 3. The van der Waals surface area contributed by atoms with Crippen LogP contribution in [0.3, 0.4) is 0 Å². The fraction of sp³-hybridized carbons (Fsp3) is 0.571. The van der Waals surface area contributed by atoms with Gasteiger partial charge in [-0.2, -0.15) is 0 Å². The van der Waals surface area contributed by atoms with Gasteiger partial charge < -0.3 is 14.6 Å². The van der Waals surface area contributed by atoms with Gasteiger partial charge in [-0.25, -0.2) is 4.79 Å². The van der Waals surface area contributed by atoms with E-state index in [-0.39, 0.29) is 42.3 Å². The molecule has 1 aliphatic heterocycles. The van der Waals surface area contributed by atoms with E-state index in [4.69, 9.17) is 9.47 Å². The number of carbonyl (C=O) groups is 3. The van der Waals surface area contributed by atoms with Crippen LogP contribution in [-0.4, -0.2) is 47.6 Å². The van der Waals surface area contributed by atoms with E-state index in [0.717, 1.165) is 5.57 Å². The second-order valence-electron chi connectivity index (χ2n) is 7.32. The maximum absolute atomic E-state index is 12.5. The first kappa shape index (κ1) is 21.3. The van der Waals surface area contributed by atoms with Gasteiger partial charge in [-0.3, -0.25) is 9.59 Å². The van der Waals surface area contributed by atoms with Crippen LogP contribution in [0.25, 0.3) is 0 Å². The summed E-state index contributed by atoms with van der Waals surface area (Å²) in [5.41, 5.74) is 1.67. The van der Waals surface area contributed by atoms with Gasteiger partial charge in [-0.05, 0) is 39.2 Å². The van der Waals surface area contributed by atoms with E-state index in [2.05, 4.69) is 6.58 Å². The molecule has 0 aromatic heterocycles. The predicted octanol–water partition coefficient (Wildman–Crippen LogP) is 2.46. The van der Waals surface area contributed by atoms with E-state index in [1.807, 2.05) is 6.92 Å². The Bertz CT molecular complexity index is 687. The Kier molecular flexibility index (Phi) is 7.27. The molecular formula is C21H28O6. The molecule has 0 radical (unpaired) electrons. The highest BCUT2D eigenvalue weighted by atomic mass is 16.6. The number of aliphatic hydroxyl groups is 1. The first-order valence-corrected chi connectivity index (χ1v) is 9.31. The van der Waals surface area contributed by atoms with Gasteiger partial charge in [0.25, 0.3) is 0 Å². The first-order valence-electron chi connectivity index (χ1n) is 9.31. The van der Waals surface area contributed by atoms with Gasteiger partial charge in [-0.15, -0.1) is 0 Å². The van der Waals surface area contributed by atoms with Crippen molar-refractivity contribution in [3.8, 4) is 0 Å². The zero-order valence-electron chi connectivity index (χ0n) is 16.2. The Morgan fingerprint density at radius 2 is 2.00 bits per heavy atom. The summed E-state index contributed by atoms with van der Waals surface area (Å²) in [6.45, 7) is 9.58. The summed E-state index contributed by atoms with van der Waals surface area (Å²) in [6, 6.07) is 0. The Hall–Kier alpha value is -2.05. The van der Waals surface area contributed by atoms with E-state index in [1.54, 1.807) is 19.9 Å². The number of carbonyl (C=O) groups excluding carboxylic acids is 3. The largest absolute Gasteiger partial charge is 0.455 e. The fourth-order valence-electron chi connectivity index (χ4n) is 3.40. The number of ketones is 2. The number of Topliss-reactive ketones (excluding diaryl/α,β-unsaturated/α-hetero) is 1. The summed E-state index contributed by atoms with van der Waals surface area (Å²) in [5, 5.41) is 10.4. The van der Waals surface area contributed by atoms with Crippen LogP contribution >= 0.6 is 0 Å². The van der Waals surface area contributed by atoms with Crippen LogP contribution in [0.1, 0.15) is 46.5 Å². The molecule has 2 rings (SSSR count). The highest BCUT2D eigenvalue weighted by Crippen LogP contribution is 2.29. The van der Waals surface area contributed by atoms with E-state index in [9.17, 15) is 19.5 Å². The minimum atomic E-state index is -1.05. The van der Waals surface area contributed by atoms with Crippen molar-refractivity contribution in [1.82, 2.24) is 0 Å². The number of ether oxygens (including phenoxy) is 2. The molecule has 148 valence electrons. The Balaban J connectivity index is 2.36. The van der Waals surface area contributed by atoms with Crippen molar-refractivity contribution in [1.29, 1.82) is 0 Å². The second kappa shape index (κ2) is 9.24. The Morgan fingerprint density at radius 3 is 2.63 bits per heavy atom. The molecule has 1 heterocycles. The number of aliphatic hydroxyl groups excluding tert-OH is 1. The summed E-state index contributed by atoms with van der Waals surface area (Å²) in [7, 11) is 0. The fourth-order valence-corrected chi connectivity index (χ4v) is 3.40. The van der Waals surface area contributed by atoms with E-state index < -0.39 is 24.3 Å². The molecule has 6 nitrogen and oxygen atoms in total. The highest BCUT2D eigenvalue weighted by molar-refractivity contribution is 5.97. The summed E-state index contributed by atoms with van der Waals surface area (Å²) < 4.78 is 10.8. The van der Waals surface area contributed by atoms with Crippen LogP contribution in [-0.2, 0) is 23.9 Å². The predicted molar refractivity (Wildman–Crippen MR) is 99.9 cm³/mol. The molecule has 6 heteroatoms. The van der Waals surface area contributed by atoms with Crippen LogP contribution < -0.4 is 0 Å². The van der Waals surface area contributed by atoms with Gasteiger partial charge in [0, 0.05) is 25.9 Å². The molecule has 0 saturated carbocycles. The minimum Gasteiger partial charge on any atom is -0.455 e. The molecule has 0 aromatic carbocycles. The second-order valence-corrected chi connectivity index (χ2v) is 7.32. The third-order valence-corrected chi connectivity index (χ3v) is 4.97. The number of hydrogen-bond donors (Lipinski definition) is 1. The SMILES string of the molecule is C=C(C)[C@H]1C/C=C2\C(=O)O[C@H](C/C(C)=C/C(=O)[C@H](OCC)CC(=O)C1)[C@H]2O. The highest BCUT2D eigenvalue weighted by Gasteiger charge is 2.38. The molecule has 0 aromatic rings. The Labute approximate surface area is 159 Å². The van der Waals surface area contributed by atoms with Crippen molar-refractivity contribution in [2.75, 3.05) is 6.61 Å². The monoisotopic (exact) mass is 376 g/mol. The number of hydrogen-bond acceptors (Lipinski definition) is 6. The average molecular weight is 376 g/mol. The van der Waals surface area contributed by atoms with Crippen LogP contribution in [0, 0.1) is 5.92 Å². The van der Waals surface area contributed by atoms with Crippen LogP contribution in [0.2, 0.25) is 0 Å². The van der Waals surface area contributed by atoms with Crippen molar-refractivity contribution in [2.24, 2.45) is 5.92 Å². The molecular weight excluding hydrogens is 348 g/mol. The smallest absolute Gasteiger partial charge is 0.336 e. The number of allylic oxidation sites excluding steroid dienone is 2. The molecule has 0 spiro atoms. The van der Waals surface area contributed by atoms with Crippen LogP contribution in [0.5, 0.6) is 0 Å². The lowest BCUT2D eigenvalue weighted by Crippen LogP contribution is -2.28. The van der Waals surface area contributed by atoms with Crippen LogP contribution in [0.15, 0.2) is 35.5 Å². The van der Waals surface area contributed by atoms with Gasteiger partial charge in [0.05, 0.1) is 5.57 Å². The number of esters is 1. The summed E-state index contributed by atoms with van der Waals surface area (Å²) >= 11 is 0. The molecule has 1 fully saturated rings. The van der Waals surface area contributed by atoms with Gasteiger partial charge in [0.1, 0.15) is 24.1 Å². The summed E-state index contributed by atoms with van der Waals surface area (Å²) in [6.07, 6.45) is 1.32. The molecule has 27 heavy (non-hydrogen) atoms. The molecule has 0 amide bonds. The molecule has 1 saturated heterocycles. The zero-order chi connectivity index (χ0) is 20.1. The topological polar surface area (TPSA) is 89.9 Å². The summed E-state index contributed by atoms with van der Waals surface area (Å²) in [5.74, 6) is -1.12. The summed E-state index contributed by atoms with van der Waals surface area (Å²) in [4.78, 5) is 37.2. The van der Waals surface area contributed by atoms with Gasteiger partial charge in [0.2, 0.25) is 0 Å². The van der Waals surface area contributed by atoms with E-state index in [0.29, 0.717) is 18.6 Å².